The number of hydrazone groups is 1. The molecular weight excluding hydrogens is 340 g/mol. The van der Waals surface area contributed by atoms with Crippen molar-refractivity contribution in [2.24, 2.45) is 5.10 Å². The van der Waals surface area contributed by atoms with E-state index in [9.17, 15) is 5.11 Å². The topological polar surface area (TPSA) is 91.6 Å². The van der Waals surface area contributed by atoms with E-state index >= 15 is 0 Å². The second-order valence-electron chi connectivity index (χ2n) is 6.56. The zero-order valence-corrected chi connectivity index (χ0v) is 15.1. The van der Waals surface area contributed by atoms with E-state index in [1.807, 2.05) is 67.5 Å². The molecule has 0 fully saturated rings. The minimum Gasteiger partial charge on any atom is -0.509 e. The number of benzene rings is 2. The molecule has 7 nitrogen and oxygen atoms in total. The van der Waals surface area contributed by atoms with Gasteiger partial charge in [-0.2, -0.15) is 5.10 Å². The first-order valence-electron chi connectivity index (χ1n) is 8.58. The van der Waals surface area contributed by atoms with Crippen LogP contribution in [0.2, 0.25) is 0 Å². The molecule has 1 aliphatic heterocycles. The van der Waals surface area contributed by atoms with Crippen LogP contribution in [0.25, 0.3) is 16.6 Å². The molecule has 0 aliphatic carbocycles. The number of imidazole rings is 1. The highest BCUT2D eigenvalue weighted by Crippen LogP contribution is 2.27. The van der Waals surface area contributed by atoms with E-state index in [1.165, 1.54) is 5.01 Å². The Balaban J connectivity index is 1.54. The number of anilines is 1. The number of aromatic nitrogens is 2. The number of nitrogens with one attached hydrogen (secondary N) is 2. The number of aliphatic hydroxyl groups is 1. The molecule has 1 aromatic heterocycles. The average Bonchev–Trinajstić information content (AvgIpc) is 3.20. The number of hydrogen-bond acceptors (Lipinski definition) is 5. The molecule has 0 spiro atoms. The molecule has 4 rings (SSSR count). The lowest BCUT2D eigenvalue weighted by molar-refractivity contribution is 0.358. The summed E-state index contributed by atoms with van der Waals surface area (Å²) in [5, 5.41) is 24.6. The van der Waals surface area contributed by atoms with Gasteiger partial charge in [-0.05, 0) is 29.8 Å². The zero-order chi connectivity index (χ0) is 19.0. The number of nitrogens with zero attached hydrogens (tertiary/aromatic N) is 4. The van der Waals surface area contributed by atoms with E-state index < -0.39 is 0 Å². The Hall–Kier alpha value is -3.61. The predicted molar refractivity (Wildman–Crippen MR) is 108 cm³/mol. The fourth-order valence-electron chi connectivity index (χ4n) is 2.98. The highest BCUT2D eigenvalue weighted by Gasteiger charge is 2.30. The van der Waals surface area contributed by atoms with Crippen molar-refractivity contribution in [2.45, 2.75) is 0 Å². The van der Waals surface area contributed by atoms with Crippen LogP contribution in [0.15, 0.2) is 59.4 Å². The SMILES string of the molecule is CN(C)c1ccc(C=NN2CC(O)=C(c3nc4ccccc4[nH]3)C2=N)cc1. The number of aliphatic hydroxyl groups excluding tert-OH is 1. The molecule has 2 heterocycles. The lowest BCUT2D eigenvalue weighted by atomic mass is 10.2. The molecule has 3 aromatic rings. The first kappa shape index (κ1) is 16.8. The monoisotopic (exact) mass is 360 g/mol. The Kier molecular flexibility index (Phi) is 4.12. The van der Waals surface area contributed by atoms with Gasteiger partial charge in [-0.25, -0.2) is 9.99 Å². The maximum Gasteiger partial charge on any atom is 0.156 e. The van der Waals surface area contributed by atoms with Crippen LogP contribution in [0.1, 0.15) is 11.4 Å². The lowest BCUT2D eigenvalue weighted by Gasteiger charge is -2.13. The van der Waals surface area contributed by atoms with Crippen LogP contribution in [-0.4, -0.2) is 52.8 Å². The molecule has 136 valence electrons. The molecule has 3 N–H and O–H groups in total. The Bertz CT molecular complexity index is 1030. The number of fused-ring (bicyclic) bond motifs is 1. The standard InChI is InChI=1S/C20H20N6O/c1-25(2)14-9-7-13(8-10-14)11-22-26-12-17(27)18(19(26)21)20-23-15-5-3-4-6-16(15)24-20/h3-11,21,27H,12H2,1-2H3,(H,23,24). The first-order chi connectivity index (χ1) is 13.0. The summed E-state index contributed by atoms with van der Waals surface area (Å²) in [4.78, 5) is 9.66. The largest absolute Gasteiger partial charge is 0.509 e. The highest BCUT2D eigenvalue weighted by atomic mass is 16.3. The van der Waals surface area contributed by atoms with E-state index in [0.29, 0.717) is 11.4 Å². The van der Waals surface area contributed by atoms with Crippen molar-refractivity contribution in [1.29, 1.82) is 5.41 Å². The Morgan fingerprint density at radius 3 is 2.63 bits per heavy atom. The predicted octanol–water partition coefficient (Wildman–Crippen LogP) is 3.22. The van der Waals surface area contributed by atoms with Crippen LogP contribution < -0.4 is 4.90 Å². The van der Waals surface area contributed by atoms with Gasteiger partial charge >= 0.3 is 0 Å². The van der Waals surface area contributed by atoms with Crippen LogP contribution in [-0.2, 0) is 0 Å². The van der Waals surface area contributed by atoms with Crippen LogP contribution in [0.5, 0.6) is 0 Å². The number of H-pyrrole nitrogens is 1. The van der Waals surface area contributed by atoms with Crippen LogP contribution >= 0.6 is 0 Å². The van der Waals surface area contributed by atoms with Crippen LogP contribution in [0.4, 0.5) is 5.69 Å². The van der Waals surface area contributed by atoms with E-state index in [1.54, 1.807) is 6.21 Å². The quantitative estimate of drug-likeness (QED) is 0.623. The van der Waals surface area contributed by atoms with Gasteiger partial charge in [0.15, 0.2) is 5.84 Å². The van der Waals surface area contributed by atoms with Gasteiger partial charge in [-0.1, -0.05) is 24.3 Å². The van der Waals surface area contributed by atoms with Gasteiger partial charge in [0, 0.05) is 19.8 Å². The van der Waals surface area contributed by atoms with Crippen LogP contribution in [0, 0.1) is 5.41 Å². The van der Waals surface area contributed by atoms with E-state index in [0.717, 1.165) is 22.3 Å². The maximum absolute atomic E-state index is 10.4. The fraction of sp³-hybridized carbons (Fsp3) is 0.150. The van der Waals surface area contributed by atoms with E-state index in [4.69, 9.17) is 5.41 Å². The molecular formula is C20H20N6O. The first-order valence-corrected chi connectivity index (χ1v) is 8.58. The van der Waals surface area contributed by atoms with Crippen LogP contribution in [0.3, 0.4) is 0 Å². The van der Waals surface area contributed by atoms with Crippen molar-refractivity contribution in [3.63, 3.8) is 0 Å². The van der Waals surface area contributed by atoms with Gasteiger partial charge in [0.05, 0.1) is 17.2 Å². The molecule has 0 radical (unpaired) electrons. The summed E-state index contributed by atoms with van der Waals surface area (Å²) in [5.74, 6) is 0.679. The second kappa shape index (κ2) is 6.60. The molecule has 0 amide bonds. The minimum absolute atomic E-state index is 0.0826. The third-order valence-corrected chi connectivity index (χ3v) is 4.46. The molecule has 0 saturated carbocycles. The number of aromatic amines is 1. The fourth-order valence-corrected chi connectivity index (χ4v) is 2.98. The summed E-state index contributed by atoms with van der Waals surface area (Å²) >= 11 is 0. The number of amidine groups is 1. The molecule has 27 heavy (non-hydrogen) atoms. The minimum atomic E-state index is 0.0826. The molecule has 7 heteroatoms. The zero-order valence-electron chi connectivity index (χ0n) is 15.1. The number of rotatable bonds is 4. The van der Waals surface area contributed by atoms with Gasteiger partial charge in [-0.3, -0.25) is 5.41 Å². The van der Waals surface area contributed by atoms with Crippen molar-refractivity contribution in [1.82, 2.24) is 15.0 Å². The van der Waals surface area contributed by atoms with Crippen molar-refractivity contribution in [3.05, 3.63) is 65.7 Å². The lowest BCUT2D eigenvalue weighted by Crippen LogP contribution is -2.21. The third-order valence-electron chi connectivity index (χ3n) is 4.46. The summed E-state index contributed by atoms with van der Waals surface area (Å²) < 4.78 is 0. The molecule has 2 aromatic carbocycles. The summed E-state index contributed by atoms with van der Waals surface area (Å²) in [6, 6.07) is 15.6. The van der Waals surface area contributed by atoms with Gasteiger partial charge < -0.3 is 15.0 Å². The van der Waals surface area contributed by atoms with Gasteiger partial charge in [0.2, 0.25) is 0 Å². The Morgan fingerprint density at radius 1 is 1.19 bits per heavy atom. The van der Waals surface area contributed by atoms with Gasteiger partial charge in [-0.15, -0.1) is 0 Å². The molecule has 1 aliphatic rings. The average molecular weight is 360 g/mol. The summed E-state index contributed by atoms with van der Waals surface area (Å²) in [6.45, 7) is 0.150. The second-order valence-corrected chi connectivity index (χ2v) is 6.56. The third kappa shape index (κ3) is 3.15. The van der Waals surface area contributed by atoms with E-state index in [-0.39, 0.29) is 18.1 Å². The van der Waals surface area contributed by atoms with Gasteiger partial charge in [0.25, 0.3) is 0 Å². The van der Waals surface area contributed by atoms with Crippen molar-refractivity contribution in [3.8, 4) is 0 Å². The molecule has 0 unspecified atom stereocenters. The Morgan fingerprint density at radius 2 is 1.93 bits per heavy atom. The highest BCUT2D eigenvalue weighted by molar-refractivity contribution is 6.23. The summed E-state index contributed by atoms with van der Waals surface area (Å²) in [5.41, 5.74) is 4.07. The summed E-state index contributed by atoms with van der Waals surface area (Å²) in [6.07, 6.45) is 1.68. The summed E-state index contributed by atoms with van der Waals surface area (Å²) in [7, 11) is 3.98. The Labute approximate surface area is 156 Å². The van der Waals surface area contributed by atoms with Crippen molar-refractivity contribution < 1.29 is 5.11 Å². The number of hydrogen-bond donors (Lipinski definition) is 3. The number of para-hydroxylation sites is 2. The van der Waals surface area contributed by atoms with Crippen molar-refractivity contribution >= 4 is 34.3 Å². The van der Waals surface area contributed by atoms with Crippen molar-refractivity contribution in [2.75, 3.05) is 25.5 Å². The van der Waals surface area contributed by atoms with Gasteiger partial charge in [0.1, 0.15) is 23.7 Å². The van der Waals surface area contributed by atoms with E-state index in [2.05, 4.69) is 15.1 Å². The smallest absolute Gasteiger partial charge is 0.156 e. The maximum atomic E-state index is 10.4. The normalized spacial score (nSPS) is 14.7. The molecule has 0 atom stereocenters. The molecule has 0 bridgehead atoms. The molecule has 0 saturated heterocycles.